The Morgan fingerprint density at radius 1 is 0.903 bits per heavy atom. The molecule has 0 aliphatic carbocycles. The number of nitrogens with zero attached hydrogens (tertiary/aromatic N) is 2. The zero-order valence-electron chi connectivity index (χ0n) is 17.5. The largest absolute Gasteiger partial charge is 0.488 e. The van der Waals surface area contributed by atoms with E-state index < -0.39 is 0 Å². The topological polar surface area (TPSA) is 42.4 Å². The van der Waals surface area contributed by atoms with Crippen molar-refractivity contribution in [3.05, 3.63) is 84.6 Å². The molecule has 0 bridgehead atoms. The van der Waals surface area contributed by atoms with E-state index in [1.807, 2.05) is 35.2 Å². The smallest absolute Gasteiger partial charge is 0.222 e. The first kappa shape index (κ1) is 19.6. The van der Waals surface area contributed by atoms with Gasteiger partial charge in [0.1, 0.15) is 17.4 Å². The van der Waals surface area contributed by atoms with Crippen molar-refractivity contribution in [3.8, 4) is 5.75 Å². The number of aromatic nitrogens is 1. The predicted octanol–water partition coefficient (Wildman–Crippen LogP) is 5.39. The van der Waals surface area contributed by atoms with Crippen LogP contribution in [0, 0.1) is 0 Å². The molecule has 156 valence electrons. The van der Waals surface area contributed by atoms with Gasteiger partial charge in [-0.05, 0) is 34.9 Å². The maximum atomic E-state index is 12.8. The lowest BCUT2D eigenvalue weighted by Crippen LogP contribution is -2.41. The summed E-state index contributed by atoms with van der Waals surface area (Å²) in [7, 11) is 0. The number of rotatable bonds is 5. The Bertz CT molecular complexity index is 1200. The van der Waals surface area contributed by atoms with E-state index in [-0.39, 0.29) is 12.0 Å². The fourth-order valence-corrected chi connectivity index (χ4v) is 4.48. The van der Waals surface area contributed by atoms with E-state index in [2.05, 4.69) is 47.4 Å². The van der Waals surface area contributed by atoms with Gasteiger partial charge in [0.25, 0.3) is 0 Å². The normalized spacial score (nSPS) is 14.8. The Labute approximate surface area is 182 Å². The van der Waals surface area contributed by atoms with Gasteiger partial charge in [0.05, 0.1) is 0 Å². The van der Waals surface area contributed by atoms with Crippen LogP contribution >= 0.6 is 0 Å². The van der Waals surface area contributed by atoms with Gasteiger partial charge in [0.2, 0.25) is 5.91 Å². The van der Waals surface area contributed by atoms with E-state index >= 15 is 0 Å². The summed E-state index contributed by atoms with van der Waals surface area (Å²) in [4.78, 5) is 19.3. The second-order valence-electron chi connectivity index (χ2n) is 8.17. The molecule has 0 spiro atoms. The number of hydrogen-bond acceptors (Lipinski definition) is 3. The Balaban J connectivity index is 1.17. The van der Waals surface area contributed by atoms with Crippen molar-refractivity contribution in [1.82, 2.24) is 9.88 Å². The fourth-order valence-electron chi connectivity index (χ4n) is 4.48. The molecule has 1 fully saturated rings. The van der Waals surface area contributed by atoms with Gasteiger partial charge in [-0.15, -0.1) is 0 Å². The molecule has 1 aliphatic rings. The van der Waals surface area contributed by atoms with Gasteiger partial charge in [-0.1, -0.05) is 60.7 Å². The molecule has 0 unspecified atom stereocenters. The number of amides is 1. The summed E-state index contributed by atoms with van der Waals surface area (Å²) in [6.07, 6.45) is 4.94. The summed E-state index contributed by atoms with van der Waals surface area (Å²) in [6, 6.07) is 24.7. The minimum Gasteiger partial charge on any atom is -0.488 e. The highest BCUT2D eigenvalue weighted by Crippen LogP contribution is 2.27. The maximum absolute atomic E-state index is 12.8. The third-order valence-electron chi connectivity index (χ3n) is 6.17. The molecule has 1 aliphatic heterocycles. The van der Waals surface area contributed by atoms with E-state index in [4.69, 9.17) is 4.74 Å². The minimum atomic E-state index is 0.120. The number of carbonyl (C=O) groups excluding carboxylic acids is 1. The predicted molar refractivity (Wildman–Crippen MR) is 124 cm³/mol. The van der Waals surface area contributed by atoms with Crippen LogP contribution in [0.5, 0.6) is 5.75 Å². The lowest BCUT2D eigenvalue weighted by atomic mass is 10.00. The first-order valence-corrected chi connectivity index (χ1v) is 11.0. The summed E-state index contributed by atoms with van der Waals surface area (Å²) >= 11 is 0. The molecular weight excluding hydrogens is 384 g/mol. The van der Waals surface area contributed by atoms with Crippen LogP contribution in [0.15, 0.2) is 79.0 Å². The van der Waals surface area contributed by atoms with Crippen LogP contribution in [-0.2, 0) is 11.2 Å². The number of aryl methyl sites for hydroxylation is 1. The summed E-state index contributed by atoms with van der Waals surface area (Å²) in [5.41, 5.74) is 2.15. The Morgan fingerprint density at radius 2 is 1.65 bits per heavy atom. The molecule has 2 heterocycles. The number of ether oxygens (including phenoxy) is 1. The molecule has 1 saturated heterocycles. The van der Waals surface area contributed by atoms with E-state index in [9.17, 15) is 4.79 Å². The molecule has 0 N–H and O–H groups in total. The number of hydrogen-bond donors (Lipinski definition) is 0. The van der Waals surface area contributed by atoms with Crippen LogP contribution in [0.2, 0.25) is 0 Å². The van der Waals surface area contributed by atoms with Crippen molar-refractivity contribution < 1.29 is 9.53 Å². The van der Waals surface area contributed by atoms with Gasteiger partial charge < -0.3 is 9.64 Å². The highest BCUT2D eigenvalue weighted by atomic mass is 16.5. The van der Waals surface area contributed by atoms with Gasteiger partial charge in [-0.3, -0.25) is 9.78 Å². The van der Waals surface area contributed by atoms with Crippen LogP contribution in [0.3, 0.4) is 0 Å². The van der Waals surface area contributed by atoms with Crippen molar-refractivity contribution in [2.45, 2.75) is 31.8 Å². The minimum absolute atomic E-state index is 0.120. The molecule has 4 aromatic rings. The fraction of sp³-hybridized carbons (Fsp3) is 0.259. The highest BCUT2D eigenvalue weighted by molar-refractivity contribution is 5.86. The number of piperidine rings is 1. The van der Waals surface area contributed by atoms with Crippen molar-refractivity contribution in [2.75, 3.05) is 13.1 Å². The second-order valence-corrected chi connectivity index (χ2v) is 8.17. The first-order chi connectivity index (χ1) is 15.3. The lowest BCUT2D eigenvalue weighted by Gasteiger charge is -2.32. The van der Waals surface area contributed by atoms with Crippen LogP contribution in [0.4, 0.5) is 0 Å². The molecule has 1 amide bonds. The van der Waals surface area contributed by atoms with Gasteiger partial charge in [0, 0.05) is 43.9 Å². The van der Waals surface area contributed by atoms with Gasteiger partial charge >= 0.3 is 0 Å². The van der Waals surface area contributed by atoms with Gasteiger partial charge in [0.15, 0.2) is 0 Å². The van der Waals surface area contributed by atoms with Crippen LogP contribution in [-0.4, -0.2) is 35.0 Å². The van der Waals surface area contributed by atoms with Crippen molar-refractivity contribution in [1.29, 1.82) is 0 Å². The Hall–Kier alpha value is -3.40. The standard InChI is InChI=1S/C27H26N2O2/c30-26(14-13-21-8-3-7-20-6-1-2-11-24(20)21)29-18-15-23(16-19-29)31-25-12-4-9-22-10-5-17-28-27(22)25/h1-12,17,23H,13-16,18-19H2. The summed E-state index contributed by atoms with van der Waals surface area (Å²) in [6.45, 7) is 1.49. The maximum Gasteiger partial charge on any atom is 0.222 e. The van der Waals surface area contributed by atoms with Crippen LogP contribution in [0.25, 0.3) is 21.7 Å². The SMILES string of the molecule is O=C(CCc1cccc2ccccc12)N1CCC(Oc2cccc3cccnc23)CC1. The van der Waals surface area contributed by atoms with E-state index in [0.29, 0.717) is 6.42 Å². The van der Waals surface area contributed by atoms with Gasteiger partial charge in [-0.25, -0.2) is 0 Å². The summed E-state index contributed by atoms with van der Waals surface area (Å²) in [5, 5.41) is 3.56. The number of carbonyl (C=O) groups is 1. The number of fused-ring (bicyclic) bond motifs is 2. The van der Waals surface area contributed by atoms with Crippen LogP contribution in [0.1, 0.15) is 24.8 Å². The van der Waals surface area contributed by atoms with Crippen molar-refractivity contribution in [3.63, 3.8) is 0 Å². The average Bonchev–Trinajstić information content (AvgIpc) is 2.83. The number of para-hydroxylation sites is 1. The van der Waals surface area contributed by atoms with Gasteiger partial charge in [-0.2, -0.15) is 0 Å². The third-order valence-corrected chi connectivity index (χ3v) is 6.17. The molecule has 31 heavy (non-hydrogen) atoms. The van der Waals surface area contributed by atoms with Crippen LogP contribution < -0.4 is 4.74 Å². The lowest BCUT2D eigenvalue weighted by molar-refractivity contribution is -0.132. The number of pyridine rings is 1. The first-order valence-electron chi connectivity index (χ1n) is 11.0. The molecule has 5 rings (SSSR count). The molecule has 0 saturated carbocycles. The second kappa shape index (κ2) is 8.76. The van der Waals surface area contributed by atoms with E-state index in [1.54, 1.807) is 6.20 Å². The zero-order valence-corrected chi connectivity index (χ0v) is 17.5. The quantitative estimate of drug-likeness (QED) is 0.443. The average molecular weight is 411 g/mol. The van der Waals surface area contributed by atoms with Crippen molar-refractivity contribution >= 4 is 27.6 Å². The van der Waals surface area contributed by atoms with E-state index in [0.717, 1.165) is 49.0 Å². The molecular formula is C27H26N2O2. The molecule has 0 atom stereocenters. The summed E-state index contributed by atoms with van der Waals surface area (Å²) < 4.78 is 6.27. The molecule has 1 aromatic heterocycles. The Morgan fingerprint density at radius 3 is 2.55 bits per heavy atom. The Kier molecular flexibility index (Phi) is 5.53. The monoisotopic (exact) mass is 410 g/mol. The third kappa shape index (κ3) is 4.24. The summed E-state index contributed by atoms with van der Waals surface area (Å²) in [5.74, 6) is 1.07. The highest BCUT2D eigenvalue weighted by Gasteiger charge is 2.24. The molecule has 4 nitrogen and oxygen atoms in total. The van der Waals surface area contributed by atoms with Crippen molar-refractivity contribution in [2.24, 2.45) is 0 Å². The zero-order chi connectivity index (χ0) is 21.0. The number of benzene rings is 3. The molecule has 0 radical (unpaired) electrons. The molecule has 3 aromatic carbocycles. The number of likely N-dealkylation sites (tertiary alicyclic amines) is 1. The molecule has 4 heteroatoms. The van der Waals surface area contributed by atoms with E-state index in [1.165, 1.54) is 16.3 Å².